The second-order valence-electron chi connectivity index (χ2n) is 5.02. The lowest BCUT2D eigenvalue weighted by molar-refractivity contribution is 0.179. The highest BCUT2D eigenvalue weighted by atomic mass is 79.9. The van der Waals surface area contributed by atoms with Crippen molar-refractivity contribution in [2.75, 3.05) is 13.6 Å². The first-order valence-corrected chi connectivity index (χ1v) is 7.67. The second-order valence-corrected chi connectivity index (χ2v) is 6.34. The van der Waals surface area contributed by atoms with Crippen LogP contribution in [0.3, 0.4) is 0 Å². The molecule has 100 valence electrons. The summed E-state index contributed by atoms with van der Waals surface area (Å²) in [7, 11) is 2.17. The van der Waals surface area contributed by atoms with E-state index < -0.39 is 0 Å². The van der Waals surface area contributed by atoms with Crippen molar-refractivity contribution in [2.45, 2.75) is 37.8 Å². The standard InChI is InChI=1S/C14H20BrClN2/c1-18(11-4-2-3-5-11)14(9-17)12-8-10(15)6-7-13(12)16/h6-8,11,14H,2-5,9,17H2,1H3. The van der Waals surface area contributed by atoms with Crippen LogP contribution in [0.1, 0.15) is 37.3 Å². The summed E-state index contributed by atoms with van der Waals surface area (Å²) < 4.78 is 1.06. The molecule has 1 saturated carbocycles. The Morgan fingerprint density at radius 1 is 1.44 bits per heavy atom. The van der Waals surface area contributed by atoms with E-state index in [0.29, 0.717) is 12.6 Å². The highest BCUT2D eigenvalue weighted by molar-refractivity contribution is 9.10. The molecule has 1 aromatic carbocycles. The van der Waals surface area contributed by atoms with Crippen LogP contribution in [0.25, 0.3) is 0 Å². The zero-order valence-corrected chi connectivity index (χ0v) is 13.0. The molecule has 2 nitrogen and oxygen atoms in total. The van der Waals surface area contributed by atoms with Gasteiger partial charge in [-0.1, -0.05) is 40.4 Å². The van der Waals surface area contributed by atoms with Gasteiger partial charge in [-0.25, -0.2) is 0 Å². The molecule has 2 rings (SSSR count). The zero-order valence-electron chi connectivity index (χ0n) is 10.7. The third-order valence-corrected chi connectivity index (χ3v) is 4.77. The summed E-state index contributed by atoms with van der Waals surface area (Å²) >= 11 is 9.83. The number of likely N-dealkylation sites (N-methyl/N-ethyl adjacent to an activating group) is 1. The van der Waals surface area contributed by atoms with Gasteiger partial charge in [-0.15, -0.1) is 0 Å². The van der Waals surface area contributed by atoms with Crippen molar-refractivity contribution in [3.05, 3.63) is 33.3 Å². The van der Waals surface area contributed by atoms with Crippen LogP contribution in [0, 0.1) is 0 Å². The molecule has 1 aromatic rings. The van der Waals surface area contributed by atoms with E-state index in [4.69, 9.17) is 17.3 Å². The fourth-order valence-corrected chi connectivity index (χ4v) is 3.47. The molecule has 1 aliphatic carbocycles. The molecule has 0 spiro atoms. The Bertz CT molecular complexity index is 405. The van der Waals surface area contributed by atoms with Gasteiger partial charge in [-0.3, -0.25) is 4.90 Å². The first kappa shape index (κ1) is 14.3. The van der Waals surface area contributed by atoms with Gasteiger partial charge in [-0.2, -0.15) is 0 Å². The molecule has 2 N–H and O–H groups in total. The van der Waals surface area contributed by atoms with Crippen LogP contribution in [0.2, 0.25) is 5.02 Å². The SMILES string of the molecule is CN(C1CCCC1)C(CN)c1cc(Br)ccc1Cl. The van der Waals surface area contributed by atoms with E-state index in [2.05, 4.69) is 33.9 Å². The van der Waals surface area contributed by atoms with Crippen LogP contribution in [0.15, 0.2) is 22.7 Å². The molecule has 0 aromatic heterocycles. The van der Waals surface area contributed by atoms with E-state index in [1.807, 2.05) is 12.1 Å². The van der Waals surface area contributed by atoms with Crippen LogP contribution < -0.4 is 5.73 Å². The van der Waals surface area contributed by atoms with Crippen molar-refractivity contribution in [3.8, 4) is 0 Å². The molecule has 0 heterocycles. The van der Waals surface area contributed by atoms with Gasteiger partial charge in [0.25, 0.3) is 0 Å². The van der Waals surface area contributed by atoms with E-state index in [1.165, 1.54) is 25.7 Å². The first-order chi connectivity index (χ1) is 8.63. The fraction of sp³-hybridized carbons (Fsp3) is 0.571. The molecule has 0 aliphatic heterocycles. The summed E-state index contributed by atoms with van der Waals surface area (Å²) in [6.07, 6.45) is 5.22. The summed E-state index contributed by atoms with van der Waals surface area (Å²) in [5, 5.41) is 0.804. The maximum absolute atomic E-state index is 6.32. The van der Waals surface area contributed by atoms with Crippen LogP contribution >= 0.6 is 27.5 Å². The van der Waals surface area contributed by atoms with Gasteiger partial charge in [0.1, 0.15) is 0 Å². The molecule has 1 unspecified atom stereocenters. The highest BCUT2D eigenvalue weighted by Gasteiger charge is 2.27. The van der Waals surface area contributed by atoms with Gasteiger partial charge in [0.05, 0.1) is 0 Å². The topological polar surface area (TPSA) is 29.3 Å². The molecule has 0 amide bonds. The van der Waals surface area contributed by atoms with Gasteiger partial charge in [0.15, 0.2) is 0 Å². The average Bonchev–Trinajstić information content (AvgIpc) is 2.88. The molecule has 0 bridgehead atoms. The Morgan fingerprint density at radius 2 is 2.11 bits per heavy atom. The molecular weight excluding hydrogens is 312 g/mol. The van der Waals surface area contributed by atoms with Crippen molar-refractivity contribution in [1.82, 2.24) is 4.90 Å². The molecule has 0 saturated heterocycles. The van der Waals surface area contributed by atoms with Gasteiger partial charge >= 0.3 is 0 Å². The summed E-state index contributed by atoms with van der Waals surface area (Å²) in [5.74, 6) is 0. The predicted octanol–water partition coefficient (Wildman–Crippen LogP) is 3.98. The van der Waals surface area contributed by atoms with Crippen molar-refractivity contribution >= 4 is 27.5 Å². The molecule has 1 aliphatic rings. The molecule has 0 radical (unpaired) electrons. The number of halogens is 2. The maximum atomic E-state index is 6.32. The fourth-order valence-electron chi connectivity index (χ4n) is 2.85. The molecule has 18 heavy (non-hydrogen) atoms. The summed E-state index contributed by atoms with van der Waals surface area (Å²) in [4.78, 5) is 2.40. The quantitative estimate of drug-likeness (QED) is 0.904. The van der Waals surface area contributed by atoms with Gasteiger partial charge in [0.2, 0.25) is 0 Å². The van der Waals surface area contributed by atoms with E-state index in [0.717, 1.165) is 15.1 Å². The first-order valence-electron chi connectivity index (χ1n) is 6.50. The molecule has 1 fully saturated rings. The normalized spacial score (nSPS) is 18.5. The van der Waals surface area contributed by atoms with E-state index in [9.17, 15) is 0 Å². The Morgan fingerprint density at radius 3 is 2.72 bits per heavy atom. The van der Waals surface area contributed by atoms with Gasteiger partial charge < -0.3 is 5.73 Å². The van der Waals surface area contributed by atoms with Crippen LogP contribution in [0.4, 0.5) is 0 Å². The van der Waals surface area contributed by atoms with Crippen molar-refractivity contribution in [1.29, 1.82) is 0 Å². The Balaban J connectivity index is 2.23. The Hall–Kier alpha value is -0.0900. The maximum Gasteiger partial charge on any atom is 0.0485 e. The monoisotopic (exact) mass is 330 g/mol. The van der Waals surface area contributed by atoms with E-state index >= 15 is 0 Å². The average molecular weight is 332 g/mol. The van der Waals surface area contributed by atoms with Crippen LogP contribution in [0.5, 0.6) is 0 Å². The second kappa shape index (κ2) is 6.38. The predicted molar refractivity (Wildman–Crippen MR) is 81.0 cm³/mol. The lowest BCUT2D eigenvalue weighted by atomic mass is 10.0. The van der Waals surface area contributed by atoms with Gasteiger partial charge in [0, 0.05) is 28.1 Å². The summed E-state index contributed by atoms with van der Waals surface area (Å²) in [6, 6.07) is 6.85. The van der Waals surface area contributed by atoms with Crippen molar-refractivity contribution < 1.29 is 0 Å². The largest absolute Gasteiger partial charge is 0.329 e. The molecular formula is C14H20BrClN2. The number of rotatable bonds is 4. The number of nitrogens with two attached hydrogens (primary N) is 1. The van der Waals surface area contributed by atoms with Crippen molar-refractivity contribution in [2.24, 2.45) is 5.73 Å². The Labute approximate surface area is 123 Å². The third-order valence-electron chi connectivity index (χ3n) is 3.93. The van der Waals surface area contributed by atoms with E-state index in [1.54, 1.807) is 0 Å². The highest BCUT2D eigenvalue weighted by Crippen LogP contribution is 2.33. The minimum Gasteiger partial charge on any atom is -0.329 e. The van der Waals surface area contributed by atoms with Crippen LogP contribution in [-0.2, 0) is 0 Å². The minimum atomic E-state index is 0.207. The number of hydrogen-bond donors (Lipinski definition) is 1. The number of nitrogens with zero attached hydrogens (tertiary/aromatic N) is 1. The number of benzene rings is 1. The summed E-state index contributed by atoms with van der Waals surface area (Å²) in [6.45, 7) is 0.600. The zero-order chi connectivity index (χ0) is 13.1. The summed E-state index contributed by atoms with van der Waals surface area (Å²) in [5.41, 5.74) is 7.10. The van der Waals surface area contributed by atoms with E-state index in [-0.39, 0.29) is 6.04 Å². The van der Waals surface area contributed by atoms with Gasteiger partial charge in [-0.05, 0) is 43.7 Å². The molecule has 4 heteroatoms. The van der Waals surface area contributed by atoms with Crippen LogP contribution in [-0.4, -0.2) is 24.5 Å². The lowest BCUT2D eigenvalue weighted by Gasteiger charge is -2.33. The lowest BCUT2D eigenvalue weighted by Crippen LogP contribution is -2.37. The smallest absolute Gasteiger partial charge is 0.0485 e. The van der Waals surface area contributed by atoms with Crippen molar-refractivity contribution in [3.63, 3.8) is 0 Å². The molecule has 1 atom stereocenters. The number of hydrogen-bond acceptors (Lipinski definition) is 2. The Kier molecular flexibility index (Phi) is 5.07. The third kappa shape index (κ3) is 3.08. The minimum absolute atomic E-state index is 0.207.